The van der Waals surface area contributed by atoms with Crippen LogP contribution in [0.4, 0.5) is 11.8 Å². The monoisotopic (exact) mass is 524 g/mol. The van der Waals surface area contributed by atoms with Gasteiger partial charge in [0.2, 0.25) is 5.95 Å². The standard InChI is InChI=1S/C26H32N6O2S2/c1-14-20(24-31-17-8-4-5-9-19(17)36-24)23(32-25(29-14)28-13-16-7-6-10-35-16)30-18-11-15(12-27)21-22(18)34-26(2,3)33-21/h5-7,9-10,15,18,21-22H,4,8,11-13,27H2,1-3H3,(H2,28,29,30,32)/t15-,18-,21-,22+/m1/s1. The first-order valence-electron chi connectivity index (χ1n) is 12.5. The van der Waals surface area contributed by atoms with Gasteiger partial charge in [-0.3, -0.25) is 0 Å². The lowest BCUT2D eigenvalue weighted by molar-refractivity contribution is -0.156. The van der Waals surface area contributed by atoms with Crippen LogP contribution in [0.1, 0.15) is 47.8 Å². The van der Waals surface area contributed by atoms with Gasteiger partial charge in [-0.15, -0.1) is 22.7 Å². The first-order valence-corrected chi connectivity index (χ1v) is 14.2. The van der Waals surface area contributed by atoms with Gasteiger partial charge in [0.15, 0.2) is 5.79 Å². The number of thiazole rings is 1. The Bertz CT molecular complexity index is 1270. The molecule has 1 saturated heterocycles. The van der Waals surface area contributed by atoms with Crippen molar-refractivity contribution in [2.24, 2.45) is 11.7 Å². The van der Waals surface area contributed by atoms with Crippen molar-refractivity contribution in [3.8, 4) is 10.6 Å². The Morgan fingerprint density at radius 1 is 1.19 bits per heavy atom. The molecule has 2 fully saturated rings. The number of ether oxygens (including phenoxy) is 2. The molecule has 4 N–H and O–H groups in total. The second-order valence-corrected chi connectivity index (χ2v) is 12.2. The lowest BCUT2D eigenvalue weighted by Crippen LogP contribution is -2.35. The van der Waals surface area contributed by atoms with E-state index in [1.165, 1.54) is 9.75 Å². The molecule has 1 saturated carbocycles. The zero-order chi connectivity index (χ0) is 24.9. The molecule has 1 aliphatic heterocycles. The number of allylic oxidation sites excluding steroid dienone is 1. The quantitative estimate of drug-likeness (QED) is 0.404. The smallest absolute Gasteiger partial charge is 0.225 e. The number of aromatic nitrogens is 3. The summed E-state index contributed by atoms with van der Waals surface area (Å²) in [5.74, 6) is 0.986. The van der Waals surface area contributed by atoms with Gasteiger partial charge < -0.3 is 25.8 Å². The topological polar surface area (TPSA) is 107 Å². The van der Waals surface area contributed by atoms with Crippen LogP contribution in [-0.2, 0) is 22.4 Å². The van der Waals surface area contributed by atoms with Crippen LogP contribution in [0.5, 0.6) is 0 Å². The summed E-state index contributed by atoms with van der Waals surface area (Å²) in [6, 6.07) is 4.19. The third-order valence-corrected chi connectivity index (χ3v) is 9.01. The van der Waals surface area contributed by atoms with Crippen molar-refractivity contribution in [1.82, 2.24) is 15.0 Å². The Hall–Kier alpha value is -2.37. The fourth-order valence-corrected chi connectivity index (χ4v) is 7.20. The predicted molar refractivity (Wildman–Crippen MR) is 145 cm³/mol. The number of rotatable bonds is 7. The average Bonchev–Trinajstić information content (AvgIpc) is 3.62. The number of fused-ring (bicyclic) bond motifs is 2. The van der Waals surface area contributed by atoms with Gasteiger partial charge in [-0.05, 0) is 64.1 Å². The number of nitrogens with two attached hydrogens (primary N) is 1. The lowest BCUT2D eigenvalue weighted by Gasteiger charge is -2.25. The Labute approximate surface area is 219 Å². The fraction of sp³-hybridized carbons (Fsp3) is 0.500. The second kappa shape index (κ2) is 9.50. The number of aryl methyl sites for hydroxylation is 2. The molecule has 2 aliphatic carbocycles. The molecule has 6 rings (SSSR count). The van der Waals surface area contributed by atoms with Crippen molar-refractivity contribution in [3.05, 3.63) is 44.7 Å². The molecule has 0 amide bonds. The van der Waals surface area contributed by atoms with Gasteiger partial charge in [0.05, 0.1) is 40.5 Å². The summed E-state index contributed by atoms with van der Waals surface area (Å²) in [5.41, 5.74) is 9.13. The summed E-state index contributed by atoms with van der Waals surface area (Å²) in [6.07, 6.45) is 7.14. The number of nitrogens with zero attached hydrogens (tertiary/aromatic N) is 3. The first kappa shape index (κ1) is 24.0. The number of hydrogen-bond donors (Lipinski definition) is 3. The number of nitrogens with one attached hydrogen (secondary N) is 2. The van der Waals surface area contributed by atoms with Gasteiger partial charge >= 0.3 is 0 Å². The molecule has 0 aromatic carbocycles. The first-order chi connectivity index (χ1) is 17.4. The van der Waals surface area contributed by atoms with Gasteiger partial charge in [-0.25, -0.2) is 9.97 Å². The highest BCUT2D eigenvalue weighted by atomic mass is 32.1. The number of thiophene rings is 1. The maximum atomic E-state index is 6.34. The molecule has 8 nitrogen and oxygen atoms in total. The summed E-state index contributed by atoms with van der Waals surface area (Å²) in [7, 11) is 0. The molecule has 190 valence electrons. The minimum atomic E-state index is -0.623. The van der Waals surface area contributed by atoms with Crippen molar-refractivity contribution < 1.29 is 9.47 Å². The van der Waals surface area contributed by atoms with Gasteiger partial charge in [0.25, 0.3) is 0 Å². The zero-order valence-electron chi connectivity index (χ0n) is 20.8. The van der Waals surface area contributed by atoms with E-state index in [-0.39, 0.29) is 24.2 Å². The minimum Gasteiger partial charge on any atom is -0.364 e. The zero-order valence-corrected chi connectivity index (χ0v) is 22.4. The number of anilines is 2. The van der Waals surface area contributed by atoms with Crippen molar-refractivity contribution in [2.75, 3.05) is 17.2 Å². The van der Waals surface area contributed by atoms with Crippen molar-refractivity contribution >= 4 is 40.5 Å². The van der Waals surface area contributed by atoms with Gasteiger partial charge in [0.1, 0.15) is 16.9 Å². The molecule has 0 radical (unpaired) electrons. The summed E-state index contributed by atoms with van der Waals surface area (Å²) in [5, 5.41) is 10.2. The van der Waals surface area contributed by atoms with E-state index in [4.69, 9.17) is 30.2 Å². The molecule has 4 atom stereocenters. The van der Waals surface area contributed by atoms with Crippen LogP contribution in [0, 0.1) is 12.8 Å². The lowest BCUT2D eigenvalue weighted by atomic mass is 10.1. The van der Waals surface area contributed by atoms with E-state index in [0.717, 1.165) is 47.0 Å². The summed E-state index contributed by atoms with van der Waals surface area (Å²) in [6.45, 7) is 7.22. The van der Waals surface area contributed by atoms with Crippen molar-refractivity contribution in [1.29, 1.82) is 0 Å². The molecule has 4 heterocycles. The van der Waals surface area contributed by atoms with Gasteiger partial charge in [0, 0.05) is 10.8 Å². The predicted octanol–water partition coefficient (Wildman–Crippen LogP) is 4.82. The Kier molecular flexibility index (Phi) is 6.33. The molecule has 3 aromatic heterocycles. The van der Waals surface area contributed by atoms with E-state index < -0.39 is 5.79 Å². The molecule has 0 bridgehead atoms. The van der Waals surface area contributed by atoms with Crippen molar-refractivity contribution in [2.45, 2.75) is 70.6 Å². The van der Waals surface area contributed by atoms with Crippen LogP contribution in [-0.4, -0.2) is 45.5 Å². The van der Waals surface area contributed by atoms with Crippen molar-refractivity contribution in [3.63, 3.8) is 0 Å². The highest BCUT2D eigenvalue weighted by Crippen LogP contribution is 2.44. The highest BCUT2D eigenvalue weighted by Gasteiger charge is 2.53. The number of hydrogen-bond acceptors (Lipinski definition) is 10. The van der Waals surface area contributed by atoms with Crippen LogP contribution >= 0.6 is 22.7 Å². The Morgan fingerprint density at radius 2 is 2.06 bits per heavy atom. The Balaban J connectivity index is 1.36. The molecule has 0 unspecified atom stereocenters. The average molecular weight is 525 g/mol. The van der Waals surface area contributed by atoms with E-state index in [1.54, 1.807) is 22.7 Å². The highest BCUT2D eigenvalue weighted by molar-refractivity contribution is 7.16. The third-order valence-electron chi connectivity index (χ3n) is 7.06. The van der Waals surface area contributed by atoms with Crippen LogP contribution in [0.25, 0.3) is 16.6 Å². The summed E-state index contributed by atoms with van der Waals surface area (Å²) < 4.78 is 12.6. The Morgan fingerprint density at radius 3 is 2.83 bits per heavy atom. The van der Waals surface area contributed by atoms with Crippen LogP contribution in [0.3, 0.4) is 0 Å². The molecule has 0 spiro atoms. The molecular weight excluding hydrogens is 492 g/mol. The second-order valence-electron chi connectivity index (χ2n) is 10.1. The fourth-order valence-electron chi connectivity index (χ4n) is 5.42. The molecule has 3 aromatic rings. The minimum absolute atomic E-state index is 0.0254. The maximum Gasteiger partial charge on any atom is 0.225 e. The van der Waals surface area contributed by atoms with Crippen LogP contribution in [0.2, 0.25) is 0 Å². The molecule has 36 heavy (non-hydrogen) atoms. The van der Waals surface area contributed by atoms with E-state index in [2.05, 4.69) is 40.3 Å². The normalized spacial score (nSPS) is 26.1. The third kappa shape index (κ3) is 4.56. The molecule has 10 heteroatoms. The van der Waals surface area contributed by atoms with E-state index >= 15 is 0 Å². The van der Waals surface area contributed by atoms with Crippen LogP contribution < -0.4 is 16.4 Å². The van der Waals surface area contributed by atoms with Crippen LogP contribution in [0.15, 0.2) is 23.6 Å². The molecular formula is C26H32N6O2S2. The van der Waals surface area contributed by atoms with Gasteiger partial charge in [-0.2, -0.15) is 4.98 Å². The largest absolute Gasteiger partial charge is 0.364 e. The summed E-state index contributed by atoms with van der Waals surface area (Å²) >= 11 is 3.42. The van der Waals surface area contributed by atoms with E-state index in [1.807, 2.05) is 20.8 Å². The molecule has 3 aliphatic rings. The van der Waals surface area contributed by atoms with Gasteiger partial charge in [-0.1, -0.05) is 12.1 Å². The SMILES string of the molecule is Cc1nc(NCc2cccs2)nc(N[C@@H]2C[C@H](CN)[C@H]3OC(C)(C)O[C@H]32)c1-c1nc2c(s1)C=CCC2. The van der Waals surface area contributed by atoms with E-state index in [9.17, 15) is 0 Å². The maximum absolute atomic E-state index is 6.34. The summed E-state index contributed by atoms with van der Waals surface area (Å²) in [4.78, 5) is 17.3. The van der Waals surface area contributed by atoms with E-state index in [0.29, 0.717) is 19.0 Å².